The van der Waals surface area contributed by atoms with Gasteiger partial charge in [-0.2, -0.15) is 13.2 Å². The van der Waals surface area contributed by atoms with Gasteiger partial charge < -0.3 is 10.4 Å². The minimum Gasteiger partial charge on any atom is -0.481 e. The number of halogens is 6. The molecule has 0 bridgehead atoms. The van der Waals surface area contributed by atoms with Gasteiger partial charge >= 0.3 is 12.1 Å². The summed E-state index contributed by atoms with van der Waals surface area (Å²) in [4.78, 5) is 10.5. The standard InChI is InChI=1S/C10H7BrCl2F3NO2/c11-5-1-2-6(8(13)7(5)12)17-3-4(9(18)19)10(14,15)16/h1-2,4,17H,3H2,(H,18,19). The minimum absolute atomic E-state index is 0.0161. The van der Waals surface area contributed by atoms with E-state index in [1.807, 2.05) is 0 Å². The average molecular weight is 381 g/mol. The summed E-state index contributed by atoms with van der Waals surface area (Å²) in [5.74, 6) is -4.48. The summed E-state index contributed by atoms with van der Waals surface area (Å²) in [6.07, 6.45) is -4.84. The molecule has 0 heterocycles. The van der Waals surface area contributed by atoms with Crippen molar-refractivity contribution in [2.24, 2.45) is 5.92 Å². The van der Waals surface area contributed by atoms with Crippen molar-refractivity contribution in [1.82, 2.24) is 0 Å². The topological polar surface area (TPSA) is 49.3 Å². The van der Waals surface area contributed by atoms with E-state index >= 15 is 0 Å². The highest BCUT2D eigenvalue weighted by atomic mass is 79.9. The predicted molar refractivity (Wildman–Crippen MR) is 69.8 cm³/mol. The Labute approximate surface area is 124 Å². The lowest BCUT2D eigenvalue weighted by atomic mass is 10.1. The van der Waals surface area contributed by atoms with Crippen LogP contribution in [-0.2, 0) is 4.79 Å². The predicted octanol–water partition coefficient (Wildman–Crippen LogP) is 4.43. The van der Waals surface area contributed by atoms with Crippen LogP contribution >= 0.6 is 39.1 Å². The first-order valence-electron chi connectivity index (χ1n) is 4.81. The van der Waals surface area contributed by atoms with Gasteiger partial charge in [-0.25, -0.2) is 0 Å². The largest absolute Gasteiger partial charge is 0.481 e. The summed E-state index contributed by atoms with van der Waals surface area (Å²) >= 11 is 14.7. The number of aliphatic carboxylic acids is 1. The lowest BCUT2D eigenvalue weighted by Crippen LogP contribution is -2.36. The summed E-state index contributed by atoms with van der Waals surface area (Å²) in [6, 6.07) is 2.88. The van der Waals surface area contributed by atoms with Gasteiger partial charge in [0.1, 0.15) is 0 Å². The lowest BCUT2D eigenvalue weighted by molar-refractivity contribution is -0.190. The molecule has 106 valence electrons. The highest BCUT2D eigenvalue weighted by molar-refractivity contribution is 9.10. The van der Waals surface area contributed by atoms with Crippen molar-refractivity contribution in [2.45, 2.75) is 6.18 Å². The molecule has 0 saturated heterocycles. The van der Waals surface area contributed by atoms with Gasteiger partial charge in [0.05, 0.1) is 15.7 Å². The van der Waals surface area contributed by atoms with E-state index < -0.39 is 24.6 Å². The molecule has 1 rings (SSSR count). The van der Waals surface area contributed by atoms with Gasteiger partial charge in [0, 0.05) is 11.0 Å². The molecule has 1 unspecified atom stereocenters. The minimum atomic E-state index is -4.84. The number of hydrogen-bond donors (Lipinski definition) is 2. The number of rotatable bonds is 4. The molecule has 1 atom stereocenters. The maximum atomic E-state index is 12.4. The molecule has 0 saturated carbocycles. The fourth-order valence-corrected chi connectivity index (χ4v) is 2.06. The molecule has 0 radical (unpaired) electrons. The van der Waals surface area contributed by atoms with Crippen LogP contribution in [0.2, 0.25) is 10.0 Å². The maximum Gasteiger partial charge on any atom is 0.403 e. The molecule has 2 N–H and O–H groups in total. The van der Waals surface area contributed by atoms with E-state index in [-0.39, 0.29) is 15.7 Å². The third-order valence-electron chi connectivity index (χ3n) is 2.23. The average Bonchev–Trinajstić information content (AvgIpc) is 2.27. The van der Waals surface area contributed by atoms with Crippen molar-refractivity contribution in [1.29, 1.82) is 0 Å². The first-order valence-corrected chi connectivity index (χ1v) is 6.36. The molecule has 3 nitrogen and oxygen atoms in total. The molecule has 0 aliphatic rings. The monoisotopic (exact) mass is 379 g/mol. The number of carbonyl (C=O) groups is 1. The van der Waals surface area contributed by atoms with Crippen molar-refractivity contribution < 1.29 is 23.1 Å². The maximum absolute atomic E-state index is 12.4. The van der Waals surface area contributed by atoms with Crippen LogP contribution in [0.25, 0.3) is 0 Å². The molecule has 1 aromatic rings. The quantitative estimate of drug-likeness (QED) is 0.759. The first kappa shape index (κ1) is 16.4. The zero-order chi connectivity index (χ0) is 14.8. The second kappa shape index (κ2) is 6.19. The molecule has 0 fully saturated rings. The molecular weight excluding hydrogens is 374 g/mol. The molecule has 0 amide bonds. The van der Waals surface area contributed by atoms with Gasteiger partial charge in [-0.05, 0) is 28.1 Å². The van der Waals surface area contributed by atoms with Crippen LogP contribution in [0.4, 0.5) is 18.9 Å². The second-order valence-corrected chi connectivity index (χ2v) is 5.15. The number of alkyl halides is 3. The summed E-state index contributed by atoms with van der Waals surface area (Å²) in [6.45, 7) is -0.837. The molecule has 0 aromatic heterocycles. The summed E-state index contributed by atoms with van der Waals surface area (Å²) in [5.41, 5.74) is 0.130. The number of hydrogen-bond acceptors (Lipinski definition) is 2. The Morgan fingerprint density at radius 3 is 2.42 bits per heavy atom. The van der Waals surface area contributed by atoms with E-state index in [9.17, 15) is 18.0 Å². The van der Waals surface area contributed by atoms with Gasteiger partial charge in [-0.1, -0.05) is 23.2 Å². The SMILES string of the molecule is O=C(O)C(CNc1ccc(Br)c(Cl)c1Cl)C(F)(F)F. The van der Waals surface area contributed by atoms with Gasteiger partial charge in [-0.3, -0.25) is 4.79 Å². The van der Waals surface area contributed by atoms with Gasteiger partial charge in [0.2, 0.25) is 0 Å². The van der Waals surface area contributed by atoms with Crippen LogP contribution in [0.1, 0.15) is 0 Å². The van der Waals surface area contributed by atoms with Crippen LogP contribution in [0.5, 0.6) is 0 Å². The fourth-order valence-electron chi connectivity index (χ4n) is 1.22. The van der Waals surface area contributed by atoms with E-state index in [0.717, 1.165) is 0 Å². The lowest BCUT2D eigenvalue weighted by Gasteiger charge is -2.18. The number of carboxylic acid groups (broad SMARTS) is 1. The van der Waals surface area contributed by atoms with E-state index in [4.69, 9.17) is 28.3 Å². The van der Waals surface area contributed by atoms with E-state index in [0.29, 0.717) is 4.47 Å². The van der Waals surface area contributed by atoms with Crippen molar-refractivity contribution >= 4 is 50.8 Å². The Morgan fingerprint density at radius 1 is 1.37 bits per heavy atom. The summed E-state index contributed by atoms with van der Waals surface area (Å²) in [5, 5.41) is 11.0. The fraction of sp³-hybridized carbons (Fsp3) is 0.300. The molecule has 1 aromatic carbocycles. The normalized spacial score (nSPS) is 13.2. The second-order valence-electron chi connectivity index (χ2n) is 3.54. The molecule has 0 aliphatic carbocycles. The van der Waals surface area contributed by atoms with Crippen molar-refractivity contribution in [3.63, 3.8) is 0 Å². The molecule has 19 heavy (non-hydrogen) atoms. The van der Waals surface area contributed by atoms with Crippen LogP contribution in [0.15, 0.2) is 16.6 Å². The zero-order valence-electron chi connectivity index (χ0n) is 9.06. The highest BCUT2D eigenvalue weighted by Crippen LogP contribution is 2.36. The van der Waals surface area contributed by atoms with Gasteiger partial charge in [0.25, 0.3) is 0 Å². The Hall–Kier alpha value is -0.660. The Kier molecular flexibility index (Phi) is 5.34. The van der Waals surface area contributed by atoms with Crippen LogP contribution in [0.3, 0.4) is 0 Å². The summed E-state index contributed by atoms with van der Waals surface area (Å²) < 4.78 is 37.8. The highest BCUT2D eigenvalue weighted by Gasteiger charge is 2.44. The number of benzene rings is 1. The van der Waals surface area contributed by atoms with E-state index in [2.05, 4.69) is 21.2 Å². The van der Waals surface area contributed by atoms with Gasteiger partial charge in [0.15, 0.2) is 5.92 Å². The molecule has 0 aliphatic heterocycles. The van der Waals surface area contributed by atoms with Crippen molar-refractivity contribution in [3.8, 4) is 0 Å². The Morgan fingerprint density at radius 2 is 1.95 bits per heavy atom. The Balaban J connectivity index is 2.87. The molecule has 0 spiro atoms. The molecule has 9 heteroatoms. The van der Waals surface area contributed by atoms with Crippen LogP contribution < -0.4 is 5.32 Å². The smallest absolute Gasteiger partial charge is 0.403 e. The summed E-state index contributed by atoms with van der Waals surface area (Å²) in [7, 11) is 0. The molecular formula is C10H7BrCl2F3NO2. The number of anilines is 1. The van der Waals surface area contributed by atoms with E-state index in [1.165, 1.54) is 12.1 Å². The van der Waals surface area contributed by atoms with Crippen LogP contribution in [0, 0.1) is 5.92 Å². The third kappa shape index (κ3) is 4.15. The van der Waals surface area contributed by atoms with Crippen molar-refractivity contribution in [3.05, 3.63) is 26.7 Å². The third-order valence-corrected chi connectivity index (χ3v) is 4.00. The van der Waals surface area contributed by atoms with E-state index in [1.54, 1.807) is 0 Å². The first-order chi connectivity index (χ1) is 8.64. The van der Waals surface area contributed by atoms with Crippen molar-refractivity contribution in [2.75, 3.05) is 11.9 Å². The van der Waals surface area contributed by atoms with Crippen LogP contribution in [-0.4, -0.2) is 23.8 Å². The zero-order valence-corrected chi connectivity index (χ0v) is 12.2. The number of nitrogens with one attached hydrogen (secondary N) is 1. The number of carboxylic acids is 1. The Bertz CT molecular complexity index is 496. The van der Waals surface area contributed by atoms with Gasteiger partial charge in [-0.15, -0.1) is 0 Å².